The fourth-order valence-corrected chi connectivity index (χ4v) is 3.70. The minimum atomic E-state index is -1.83. The number of hydrogen-bond acceptors (Lipinski definition) is 8. The van der Waals surface area contributed by atoms with Crippen molar-refractivity contribution in [1.82, 2.24) is 10.4 Å². The molecule has 1 aliphatic carbocycles. The van der Waals surface area contributed by atoms with Gasteiger partial charge in [0.15, 0.2) is 11.1 Å². The zero-order chi connectivity index (χ0) is 18.1. The summed E-state index contributed by atoms with van der Waals surface area (Å²) in [6, 6.07) is 0. The summed E-state index contributed by atoms with van der Waals surface area (Å²) in [5.74, 6) is -1.48. The van der Waals surface area contributed by atoms with E-state index in [0.29, 0.717) is 6.42 Å². The number of ether oxygens (including phenoxy) is 3. The first kappa shape index (κ1) is 18.1. The van der Waals surface area contributed by atoms with Crippen molar-refractivity contribution >= 4 is 18.0 Å². The lowest BCUT2D eigenvalue weighted by Gasteiger charge is -2.40. The van der Waals surface area contributed by atoms with Crippen LogP contribution in [0, 0.1) is 5.41 Å². The van der Waals surface area contributed by atoms with Crippen LogP contribution >= 0.6 is 0 Å². The molecule has 0 aromatic carbocycles. The van der Waals surface area contributed by atoms with Gasteiger partial charge in [-0.15, -0.1) is 0 Å². The Hall–Kier alpha value is -2.29. The molecule has 9 nitrogen and oxygen atoms in total. The van der Waals surface area contributed by atoms with Crippen molar-refractivity contribution in [3.05, 3.63) is 11.3 Å². The maximum atomic E-state index is 12.7. The van der Waals surface area contributed by atoms with Gasteiger partial charge < -0.3 is 19.3 Å². The van der Waals surface area contributed by atoms with E-state index in [2.05, 4.69) is 10.2 Å². The van der Waals surface area contributed by atoms with E-state index in [-0.39, 0.29) is 30.7 Å². The predicted octanol–water partition coefficient (Wildman–Crippen LogP) is 0.442. The zero-order valence-electron chi connectivity index (χ0n) is 14.2. The van der Waals surface area contributed by atoms with E-state index in [1.54, 1.807) is 6.92 Å². The Labute approximate surface area is 139 Å². The quantitative estimate of drug-likeness (QED) is 0.559. The molecule has 1 saturated carbocycles. The van der Waals surface area contributed by atoms with Gasteiger partial charge in [-0.1, -0.05) is 0 Å². The second kappa shape index (κ2) is 6.31. The van der Waals surface area contributed by atoms with E-state index in [9.17, 15) is 19.5 Å². The van der Waals surface area contributed by atoms with Crippen LogP contribution in [-0.2, 0) is 23.8 Å². The number of rotatable bonds is 4. The number of nitrogens with one attached hydrogen (secondary N) is 1. The summed E-state index contributed by atoms with van der Waals surface area (Å²) in [5.41, 5.74) is -0.890. The lowest BCUT2D eigenvalue weighted by molar-refractivity contribution is -0.188. The standard InChI is InChI=1S/C15H22N2O7/c1-5-24-12(19)14-7-6-8-15(14,21)17(16-13(20)23-4)9(2)10(14)11(18)22-3/h21H,5-8H2,1-4H3,(H,16,20)/t14-,15+/m1/s1. The molecule has 1 fully saturated rings. The first-order valence-corrected chi connectivity index (χ1v) is 7.64. The normalized spacial score (nSPS) is 28.5. The second-order valence-electron chi connectivity index (χ2n) is 5.69. The number of hydrogen-bond donors (Lipinski definition) is 2. The second-order valence-corrected chi connectivity index (χ2v) is 5.69. The van der Waals surface area contributed by atoms with Crippen molar-refractivity contribution in [3.8, 4) is 0 Å². The SMILES string of the molecule is CCOC(=O)[C@]12CCC[C@@]1(O)N(NC(=O)OC)C(C)=C2C(=O)OC. The molecule has 0 unspecified atom stereocenters. The van der Waals surface area contributed by atoms with Crippen molar-refractivity contribution in [3.63, 3.8) is 0 Å². The molecule has 1 aliphatic heterocycles. The third-order valence-electron chi connectivity index (χ3n) is 4.66. The molecule has 0 saturated heterocycles. The molecular formula is C15H22N2O7. The van der Waals surface area contributed by atoms with Crippen molar-refractivity contribution in [1.29, 1.82) is 0 Å². The van der Waals surface area contributed by atoms with Crippen LogP contribution in [0.5, 0.6) is 0 Å². The summed E-state index contributed by atoms with van der Waals surface area (Å²) >= 11 is 0. The Balaban J connectivity index is 2.63. The van der Waals surface area contributed by atoms with Gasteiger partial charge in [0.2, 0.25) is 0 Å². The maximum Gasteiger partial charge on any atom is 0.425 e. The van der Waals surface area contributed by atoms with E-state index in [1.807, 2.05) is 0 Å². The highest BCUT2D eigenvalue weighted by Crippen LogP contribution is 2.59. The van der Waals surface area contributed by atoms with Gasteiger partial charge in [0, 0.05) is 5.70 Å². The molecule has 0 radical (unpaired) electrons. The molecular weight excluding hydrogens is 320 g/mol. The molecule has 1 amide bonds. The highest BCUT2D eigenvalue weighted by molar-refractivity contribution is 6.01. The fraction of sp³-hybridized carbons (Fsp3) is 0.667. The zero-order valence-corrected chi connectivity index (χ0v) is 14.2. The maximum absolute atomic E-state index is 12.7. The smallest absolute Gasteiger partial charge is 0.425 e. The van der Waals surface area contributed by atoms with Crippen LogP contribution in [0.1, 0.15) is 33.1 Å². The molecule has 2 atom stereocenters. The summed E-state index contributed by atoms with van der Waals surface area (Å²) < 4.78 is 14.5. The molecule has 2 N–H and O–H groups in total. The third kappa shape index (κ3) is 2.22. The monoisotopic (exact) mass is 342 g/mol. The van der Waals surface area contributed by atoms with Crippen molar-refractivity contribution < 1.29 is 33.7 Å². The number of esters is 2. The fourth-order valence-electron chi connectivity index (χ4n) is 3.70. The van der Waals surface area contributed by atoms with Crippen LogP contribution in [0.25, 0.3) is 0 Å². The summed E-state index contributed by atoms with van der Waals surface area (Å²) in [4.78, 5) is 36.7. The lowest BCUT2D eigenvalue weighted by atomic mass is 9.75. The van der Waals surface area contributed by atoms with Crippen LogP contribution in [0.3, 0.4) is 0 Å². The average Bonchev–Trinajstić information content (AvgIpc) is 2.98. The number of methoxy groups -OCH3 is 2. The Kier molecular flexibility index (Phi) is 4.75. The number of hydrazine groups is 1. The first-order chi connectivity index (χ1) is 11.3. The van der Waals surface area contributed by atoms with Crippen molar-refractivity contribution in [2.45, 2.75) is 38.8 Å². The topological polar surface area (TPSA) is 114 Å². The third-order valence-corrected chi connectivity index (χ3v) is 4.66. The van der Waals surface area contributed by atoms with E-state index >= 15 is 0 Å². The molecule has 9 heteroatoms. The molecule has 134 valence electrons. The largest absolute Gasteiger partial charge is 0.466 e. The van der Waals surface area contributed by atoms with Crippen molar-refractivity contribution in [2.24, 2.45) is 5.41 Å². The number of carbonyl (C=O) groups excluding carboxylic acids is 3. The molecule has 2 rings (SSSR count). The molecule has 2 aliphatic rings. The lowest BCUT2D eigenvalue weighted by Crippen LogP contribution is -2.61. The summed E-state index contributed by atoms with van der Waals surface area (Å²) in [6.45, 7) is 3.24. The van der Waals surface area contributed by atoms with Crippen molar-refractivity contribution in [2.75, 3.05) is 20.8 Å². The molecule has 0 aromatic rings. The summed E-state index contributed by atoms with van der Waals surface area (Å²) in [7, 11) is 2.36. The highest BCUT2D eigenvalue weighted by atomic mass is 16.6. The number of aliphatic hydroxyl groups is 1. The highest BCUT2D eigenvalue weighted by Gasteiger charge is 2.71. The van der Waals surface area contributed by atoms with Crippen LogP contribution in [0.4, 0.5) is 4.79 Å². The van der Waals surface area contributed by atoms with Gasteiger partial charge in [-0.25, -0.2) is 15.0 Å². The Morgan fingerprint density at radius 2 is 1.92 bits per heavy atom. The van der Waals surface area contributed by atoms with Gasteiger partial charge in [-0.3, -0.25) is 9.80 Å². The summed E-state index contributed by atoms with van der Waals surface area (Å²) in [5, 5.41) is 12.4. The molecule has 24 heavy (non-hydrogen) atoms. The van der Waals surface area contributed by atoms with Gasteiger partial charge in [0.1, 0.15) is 0 Å². The first-order valence-electron chi connectivity index (χ1n) is 7.64. The number of amides is 1. The summed E-state index contributed by atoms with van der Waals surface area (Å²) in [6.07, 6.45) is -0.0157. The number of nitrogens with zero attached hydrogens (tertiary/aromatic N) is 1. The Bertz CT molecular complexity index is 603. The molecule has 1 heterocycles. The Morgan fingerprint density at radius 1 is 1.25 bits per heavy atom. The van der Waals surface area contributed by atoms with Gasteiger partial charge in [0.25, 0.3) is 0 Å². The van der Waals surface area contributed by atoms with Crippen LogP contribution < -0.4 is 5.43 Å². The van der Waals surface area contributed by atoms with Crippen LogP contribution in [-0.4, -0.2) is 54.7 Å². The van der Waals surface area contributed by atoms with E-state index in [1.165, 1.54) is 21.1 Å². The predicted molar refractivity (Wildman–Crippen MR) is 80.0 cm³/mol. The van der Waals surface area contributed by atoms with Gasteiger partial charge in [-0.2, -0.15) is 0 Å². The van der Waals surface area contributed by atoms with E-state index < -0.39 is 29.2 Å². The van der Waals surface area contributed by atoms with E-state index in [0.717, 1.165) is 5.01 Å². The van der Waals surface area contributed by atoms with Gasteiger partial charge in [-0.05, 0) is 33.1 Å². The van der Waals surface area contributed by atoms with E-state index in [4.69, 9.17) is 9.47 Å². The van der Waals surface area contributed by atoms with Gasteiger partial charge in [0.05, 0.1) is 26.4 Å². The number of carbonyl (C=O) groups is 3. The number of fused-ring (bicyclic) bond motifs is 1. The van der Waals surface area contributed by atoms with Gasteiger partial charge >= 0.3 is 18.0 Å². The number of allylic oxidation sites excluding steroid dienone is 1. The minimum absolute atomic E-state index is 0.0140. The minimum Gasteiger partial charge on any atom is -0.466 e. The Morgan fingerprint density at radius 3 is 2.46 bits per heavy atom. The van der Waals surface area contributed by atoms with Crippen LogP contribution in [0.15, 0.2) is 11.3 Å². The average molecular weight is 342 g/mol. The molecule has 0 bridgehead atoms. The molecule has 0 spiro atoms. The molecule has 0 aromatic heterocycles. The van der Waals surface area contributed by atoms with Crippen LogP contribution in [0.2, 0.25) is 0 Å².